The molecular weight excluding hydrogens is 228 g/mol. The number of carbonyl (C=O) groups is 1. The van der Waals surface area contributed by atoms with Crippen LogP contribution in [0.25, 0.3) is 0 Å². The number of nitrogens with one attached hydrogen (secondary N) is 1. The van der Waals surface area contributed by atoms with E-state index in [0.717, 1.165) is 18.5 Å². The number of hydrogen-bond donors (Lipinski definition) is 3. The van der Waals surface area contributed by atoms with Crippen molar-refractivity contribution >= 4 is 5.97 Å². The summed E-state index contributed by atoms with van der Waals surface area (Å²) in [6.45, 7) is 1.03. The quantitative estimate of drug-likeness (QED) is 0.754. The maximum atomic E-state index is 10.9. The fourth-order valence-corrected chi connectivity index (χ4v) is 2.50. The van der Waals surface area contributed by atoms with Gasteiger partial charge in [-0.25, -0.2) is 0 Å². The Morgan fingerprint density at radius 2 is 2.22 bits per heavy atom. The number of aliphatic carboxylic acids is 1. The molecule has 4 nitrogen and oxygen atoms in total. The molecule has 2 rings (SSSR count). The number of rotatable bonds is 4. The van der Waals surface area contributed by atoms with E-state index in [1.165, 1.54) is 18.4 Å². The zero-order valence-corrected chi connectivity index (χ0v) is 10.4. The molecule has 1 saturated heterocycles. The van der Waals surface area contributed by atoms with E-state index in [1.807, 2.05) is 18.2 Å². The van der Waals surface area contributed by atoms with E-state index >= 15 is 0 Å². The van der Waals surface area contributed by atoms with Gasteiger partial charge in [-0.15, -0.1) is 0 Å². The average Bonchev–Trinajstić information content (AvgIpc) is 2.40. The van der Waals surface area contributed by atoms with Gasteiger partial charge < -0.3 is 16.2 Å². The van der Waals surface area contributed by atoms with Crippen molar-refractivity contribution in [1.29, 1.82) is 0 Å². The summed E-state index contributed by atoms with van der Waals surface area (Å²) in [5.41, 5.74) is 7.88. The first-order valence-corrected chi connectivity index (χ1v) is 6.48. The van der Waals surface area contributed by atoms with Crippen LogP contribution in [0.1, 0.15) is 36.4 Å². The van der Waals surface area contributed by atoms with Gasteiger partial charge in [-0.3, -0.25) is 4.79 Å². The standard InChI is InChI=1S/C14H20N2O2/c15-12(14(17)18)9-10-5-1-2-6-11(10)13-7-3-4-8-16-13/h1-2,5-6,12-13,16H,3-4,7-9,15H2,(H,17,18). The van der Waals surface area contributed by atoms with E-state index in [2.05, 4.69) is 11.4 Å². The highest BCUT2D eigenvalue weighted by atomic mass is 16.4. The normalized spacial score (nSPS) is 21.5. The maximum Gasteiger partial charge on any atom is 0.320 e. The molecule has 0 amide bonds. The van der Waals surface area contributed by atoms with Gasteiger partial charge in [-0.1, -0.05) is 30.7 Å². The molecule has 0 aromatic heterocycles. The van der Waals surface area contributed by atoms with Gasteiger partial charge in [0.1, 0.15) is 6.04 Å². The van der Waals surface area contributed by atoms with E-state index in [0.29, 0.717) is 12.5 Å². The van der Waals surface area contributed by atoms with Crippen molar-refractivity contribution in [3.8, 4) is 0 Å². The molecule has 4 heteroatoms. The summed E-state index contributed by atoms with van der Waals surface area (Å²) >= 11 is 0. The molecule has 1 heterocycles. The first-order valence-electron chi connectivity index (χ1n) is 6.48. The summed E-state index contributed by atoms with van der Waals surface area (Å²) in [4.78, 5) is 10.9. The third kappa shape index (κ3) is 3.09. The molecule has 1 aromatic rings. The second-order valence-corrected chi connectivity index (χ2v) is 4.85. The number of carboxylic acid groups (broad SMARTS) is 1. The highest BCUT2D eigenvalue weighted by Gasteiger charge is 2.20. The molecule has 1 aliphatic heterocycles. The Morgan fingerprint density at radius 1 is 1.44 bits per heavy atom. The van der Waals surface area contributed by atoms with Crippen molar-refractivity contribution in [3.63, 3.8) is 0 Å². The van der Waals surface area contributed by atoms with Crippen molar-refractivity contribution < 1.29 is 9.90 Å². The summed E-state index contributed by atoms with van der Waals surface area (Å²) < 4.78 is 0. The number of piperidine rings is 1. The lowest BCUT2D eigenvalue weighted by Gasteiger charge is -2.26. The molecule has 2 unspecified atom stereocenters. The molecule has 2 atom stereocenters. The molecule has 0 saturated carbocycles. The lowest BCUT2D eigenvalue weighted by atomic mass is 9.91. The van der Waals surface area contributed by atoms with Crippen LogP contribution in [0.15, 0.2) is 24.3 Å². The van der Waals surface area contributed by atoms with E-state index in [1.54, 1.807) is 0 Å². The van der Waals surface area contributed by atoms with Crippen LogP contribution in [-0.2, 0) is 11.2 Å². The van der Waals surface area contributed by atoms with Crippen molar-refractivity contribution in [3.05, 3.63) is 35.4 Å². The first kappa shape index (κ1) is 13.1. The van der Waals surface area contributed by atoms with E-state index in [9.17, 15) is 4.79 Å². The van der Waals surface area contributed by atoms with Crippen LogP contribution in [0.5, 0.6) is 0 Å². The molecule has 98 valence electrons. The fraction of sp³-hybridized carbons (Fsp3) is 0.500. The Morgan fingerprint density at radius 3 is 2.89 bits per heavy atom. The van der Waals surface area contributed by atoms with Crippen LogP contribution < -0.4 is 11.1 Å². The van der Waals surface area contributed by atoms with Crippen LogP contribution in [0.2, 0.25) is 0 Å². The monoisotopic (exact) mass is 248 g/mol. The zero-order chi connectivity index (χ0) is 13.0. The van der Waals surface area contributed by atoms with E-state index in [4.69, 9.17) is 10.8 Å². The van der Waals surface area contributed by atoms with Gasteiger partial charge in [0.05, 0.1) is 0 Å². The first-order chi connectivity index (χ1) is 8.68. The molecule has 4 N–H and O–H groups in total. The lowest BCUT2D eigenvalue weighted by molar-refractivity contribution is -0.138. The number of benzene rings is 1. The lowest BCUT2D eigenvalue weighted by Crippen LogP contribution is -2.33. The number of hydrogen-bond acceptors (Lipinski definition) is 3. The minimum Gasteiger partial charge on any atom is -0.480 e. The van der Waals surface area contributed by atoms with E-state index in [-0.39, 0.29) is 0 Å². The maximum absolute atomic E-state index is 10.9. The van der Waals surface area contributed by atoms with Crippen LogP contribution in [0.4, 0.5) is 0 Å². The Bertz CT molecular complexity index is 414. The third-order valence-corrected chi connectivity index (χ3v) is 3.50. The largest absolute Gasteiger partial charge is 0.480 e. The summed E-state index contributed by atoms with van der Waals surface area (Å²) in [6.07, 6.45) is 3.94. The zero-order valence-electron chi connectivity index (χ0n) is 10.4. The van der Waals surface area contributed by atoms with Crippen molar-refractivity contribution in [2.75, 3.05) is 6.54 Å². The molecule has 1 aliphatic rings. The van der Waals surface area contributed by atoms with Gasteiger partial charge in [-0.05, 0) is 36.9 Å². The molecule has 1 fully saturated rings. The van der Waals surface area contributed by atoms with E-state index < -0.39 is 12.0 Å². The predicted octanol–water partition coefficient (Wildman–Crippen LogP) is 1.46. The minimum absolute atomic E-state index is 0.343. The summed E-state index contributed by atoms with van der Waals surface area (Å²) in [5.74, 6) is -0.943. The van der Waals surface area contributed by atoms with Crippen LogP contribution in [-0.4, -0.2) is 23.7 Å². The Hall–Kier alpha value is -1.39. The summed E-state index contributed by atoms with van der Waals surface area (Å²) in [7, 11) is 0. The number of carboxylic acids is 1. The summed E-state index contributed by atoms with van der Waals surface area (Å²) in [6, 6.07) is 7.52. The fourth-order valence-electron chi connectivity index (χ4n) is 2.50. The smallest absolute Gasteiger partial charge is 0.320 e. The third-order valence-electron chi connectivity index (χ3n) is 3.50. The Labute approximate surface area is 107 Å². The molecule has 0 aliphatic carbocycles. The predicted molar refractivity (Wildman–Crippen MR) is 70.4 cm³/mol. The Kier molecular flexibility index (Phi) is 4.33. The van der Waals surface area contributed by atoms with Gasteiger partial charge in [0.15, 0.2) is 0 Å². The molecule has 0 bridgehead atoms. The summed E-state index contributed by atoms with van der Waals surface area (Å²) in [5, 5.41) is 12.4. The van der Waals surface area contributed by atoms with Gasteiger partial charge in [0, 0.05) is 6.04 Å². The molecular formula is C14H20N2O2. The van der Waals surface area contributed by atoms with Gasteiger partial charge in [0.2, 0.25) is 0 Å². The highest BCUT2D eigenvalue weighted by Crippen LogP contribution is 2.26. The van der Waals surface area contributed by atoms with Crippen molar-refractivity contribution in [1.82, 2.24) is 5.32 Å². The van der Waals surface area contributed by atoms with Crippen LogP contribution in [0, 0.1) is 0 Å². The molecule has 0 spiro atoms. The number of nitrogens with two attached hydrogens (primary N) is 1. The average molecular weight is 248 g/mol. The Balaban J connectivity index is 2.16. The SMILES string of the molecule is NC(Cc1ccccc1C1CCCCN1)C(=O)O. The topological polar surface area (TPSA) is 75.3 Å². The van der Waals surface area contributed by atoms with Crippen LogP contribution >= 0.6 is 0 Å². The van der Waals surface area contributed by atoms with Gasteiger partial charge in [-0.2, -0.15) is 0 Å². The van der Waals surface area contributed by atoms with Crippen molar-refractivity contribution in [2.45, 2.75) is 37.8 Å². The van der Waals surface area contributed by atoms with Gasteiger partial charge >= 0.3 is 5.97 Å². The molecule has 1 aromatic carbocycles. The highest BCUT2D eigenvalue weighted by molar-refractivity contribution is 5.73. The molecule has 0 radical (unpaired) electrons. The second kappa shape index (κ2) is 5.98. The van der Waals surface area contributed by atoms with Crippen molar-refractivity contribution in [2.24, 2.45) is 5.73 Å². The van der Waals surface area contributed by atoms with Gasteiger partial charge in [0.25, 0.3) is 0 Å². The molecule has 18 heavy (non-hydrogen) atoms. The minimum atomic E-state index is -0.943. The van der Waals surface area contributed by atoms with Crippen LogP contribution in [0.3, 0.4) is 0 Å². The second-order valence-electron chi connectivity index (χ2n) is 4.85.